The molecule has 1 aliphatic carbocycles. The zero-order chi connectivity index (χ0) is 12.4. The molecule has 1 aromatic rings. The van der Waals surface area contributed by atoms with Crippen LogP contribution in [0.3, 0.4) is 0 Å². The molecule has 0 amide bonds. The van der Waals surface area contributed by atoms with E-state index in [0.29, 0.717) is 5.88 Å². The van der Waals surface area contributed by atoms with E-state index >= 15 is 0 Å². The molecule has 1 aromatic heterocycles. The number of piperidine rings is 1. The highest BCUT2D eigenvalue weighted by Gasteiger charge is 2.31. The Morgan fingerprint density at radius 2 is 2.11 bits per heavy atom. The lowest BCUT2D eigenvalue weighted by molar-refractivity contribution is 0.0820. The van der Waals surface area contributed by atoms with Crippen molar-refractivity contribution in [3.8, 4) is 0 Å². The quantitative estimate of drug-likeness (QED) is 0.783. The third kappa shape index (κ3) is 2.89. The Kier molecular flexibility index (Phi) is 4.22. The fourth-order valence-corrected chi connectivity index (χ4v) is 4.56. The minimum atomic E-state index is 0.543. The number of alkyl halides is 1. The van der Waals surface area contributed by atoms with E-state index < -0.39 is 0 Å². The van der Waals surface area contributed by atoms with Gasteiger partial charge >= 0.3 is 0 Å². The van der Waals surface area contributed by atoms with Crippen LogP contribution in [0.15, 0.2) is 5.38 Å². The molecule has 1 saturated heterocycles. The monoisotopic (exact) mass is 284 g/mol. The Labute approximate surface area is 118 Å². The zero-order valence-corrected chi connectivity index (χ0v) is 12.3. The van der Waals surface area contributed by atoms with E-state index in [1.807, 2.05) is 0 Å². The molecule has 0 bridgehead atoms. The fraction of sp³-hybridized carbons (Fsp3) is 0.786. The van der Waals surface area contributed by atoms with Gasteiger partial charge in [-0.2, -0.15) is 0 Å². The molecular formula is C14H21ClN2S. The van der Waals surface area contributed by atoms with Crippen LogP contribution in [0, 0.1) is 11.8 Å². The highest BCUT2D eigenvalue weighted by atomic mass is 35.5. The molecule has 0 aromatic carbocycles. The van der Waals surface area contributed by atoms with E-state index in [4.69, 9.17) is 11.6 Å². The van der Waals surface area contributed by atoms with Crippen LogP contribution in [0.4, 0.5) is 0 Å². The van der Waals surface area contributed by atoms with Gasteiger partial charge in [0.15, 0.2) is 0 Å². The Balaban J connectivity index is 1.57. The molecule has 2 unspecified atom stereocenters. The van der Waals surface area contributed by atoms with Gasteiger partial charge in [0, 0.05) is 11.9 Å². The van der Waals surface area contributed by atoms with Crippen LogP contribution < -0.4 is 0 Å². The summed E-state index contributed by atoms with van der Waals surface area (Å²) in [6.07, 6.45) is 7.24. The van der Waals surface area contributed by atoms with Gasteiger partial charge in [-0.1, -0.05) is 19.3 Å². The number of thiazole rings is 1. The number of rotatable bonds is 3. The first-order chi connectivity index (χ1) is 8.85. The van der Waals surface area contributed by atoms with Gasteiger partial charge in [0.2, 0.25) is 0 Å². The second-order valence-corrected chi connectivity index (χ2v) is 6.90. The number of halogens is 1. The maximum Gasteiger partial charge on any atom is 0.107 e. The Hall–Kier alpha value is -0.120. The van der Waals surface area contributed by atoms with Gasteiger partial charge in [0.1, 0.15) is 5.01 Å². The predicted octanol–water partition coefficient (Wildman–Crippen LogP) is 3.89. The van der Waals surface area contributed by atoms with Gasteiger partial charge in [0.25, 0.3) is 0 Å². The van der Waals surface area contributed by atoms with Gasteiger partial charge in [0.05, 0.1) is 18.1 Å². The van der Waals surface area contributed by atoms with E-state index in [1.165, 1.54) is 50.2 Å². The molecule has 2 aliphatic rings. The summed E-state index contributed by atoms with van der Waals surface area (Å²) in [4.78, 5) is 7.17. The third-order valence-electron chi connectivity index (χ3n) is 4.47. The molecule has 2 fully saturated rings. The van der Waals surface area contributed by atoms with Crippen LogP contribution >= 0.6 is 22.9 Å². The largest absolute Gasteiger partial charge is 0.296 e. The van der Waals surface area contributed by atoms with E-state index in [9.17, 15) is 0 Å². The van der Waals surface area contributed by atoms with Crippen LogP contribution in [-0.2, 0) is 12.4 Å². The lowest BCUT2D eigenvalue weighted by Gasteiger charge is -2.41. The molecule has 100 valence electrons. The van der Waals surface area contributed by atoms with Crippen molar-refractivity contribution in [1.29, 1.82) is 0 Å². The smallest absolute Gasteiger partial charge is 0.107 e. The van der Waals surface area contributed by atoms with Crippen molar-refractivity contribution in [3.63, 3.8) is 0 Å². The molecule has 1 aliphatic heterocycles. The highest BCUT2D eigenvalue weighted by Crippen LogP contribution is 2.36. The molecule has 3 rings (SSSR count). The first-order valence-corrected chi connectivity index (χ1v) is 8.48. The van der Waals surface area contributed by atoms with Crippen LogP contribution in [0.5, 0.6) is 0 Å². The van der Waals surface area contributed by atoms with Crippen molar-refractivity contribution in [2.45, 2.75) is 44.5 Å². The van der Waals surface area contributed by atoms with Crippen molar-refractivity contribution in [2.75, 3.05) is 13.1 Å². The molecular weight excluding hydrogens is 264 g/mol. The van der Waals surface area contributed by atoms with Crippen LogP contribution in [0.2, 0.25) is 0 Å². The maximum atomic E-state index is 5.80. The fourth-order valence-electron chi connectivity index (χ4n) is 3.49. The molecule has 2 nitrogen and oxygen atoms in total. The average Bonchev–Trinajstić information content (AvgIpc) is 2.86. The predicted molar refractivity (Wildman–Crippen MR) is 77.0 cm³/mol. The number of hydrogen-bond acceptors (Lipinski definition) is 3. The molecule has 4 heteroatoms. The summed E-state index contributed by atoms with van der Waals surface area (Å²) in [5.41, 5.74) is 1.03. The SMILES string of the molecule is ClCc1csc(CN2CCC3CCCCC3C2)n1. The summed E-state index contributed by atoms with van der Waals surface area (Å²) in [5, 5.41) is 3.33. The van der Waals surface area contributed by atoms with Gasteiger partial charge < -0.3 is 0 Å². The molecule has 2 heterocycles. The standard InChI is InChI=1S/C14H21ClN2S/c15-7-13-10-18-14(16-13)9-17-6-5-11-3-1-2-4-12(11)8-17/h10-12H,1-9H2. The van der Waals surface area contributed by atoms with Gasteiger partial charge in [-0.05, 0) is 31.2 Å². The van der Waals surface area contributed by atoms with E-state index in [2.05, 4.69) is 15.3 Å². The summed E-state index contributed by atoms with van der Waals surface area (Å²) in [7, 11) is 0. The van der Waals surface area contributed by atoms with Gasteiger partial charge in [-0.25, -0.2) is 4.98 Å². The Morgan fingerprint density at radius 3 is 2.89 bits per heavy atom. The Morgan fingerprint density at radius 1 is 1.28 bits per heavy atom. The van der Waals surface area contributed by atoms with Crippen molar-refractivity contribution < 1.29 is 0 Å². The van der Waals surface area contributed by atoms with Crippen molar-refractivity contribution in [2.24, 2.45) is 11.8 Å². The molecule has 18 heavy (non-hydrogen) atoms. The first-order valence-electron chi connectivity index (χ1n) is 7.07. The number of aromatic nitrogens is 1. The molecule has 2 atom stereocenters. The second-order valence-electron chi connectivity index (χ2n) is 5.69. The van der Waals surface area contributed by atoms with Crippen LogP contribution in [0.25, 0.3) is 0 Å². The second kappa shape index (κ2) is 5.89. The number of nitrogens with zero attached hydrogens (tertiary/aromatic N) is 2. The summed E-state index contributed by atoms with van der Waals surface area (Å²) in [5.74, 6) is 2.52. The lowest BCUT2D eigenvalue weighted by atomic mass is 9.75. The van der Waals surface area contributed by atoms with Gasteiger partial charge in [-0.3, -0.25) is 4.90 Å². The van der Waals surface area contributed by atoms with Crippen LogP contribution in [0.1, 0.15) is 42.8 Å². The molecule has 1 saturated carbocycles. The van der Waals surface area contributed by atoms with E-state index in [0.717, 1.165) is 24.1 Å². The summed E-state index contributed by atoms with van der Waals surface area (Å²) < 4.78 is 0. The lowest BCUT2D eigenvalue weighted by Crippen LogP contribution is -2.41. The normalized spacial score (nSPS) is 29.2. The van der Waals surface area contributed by atoms with Crippen LogP contribution in [-0.4, -0.2) is 23.0 Å². The summed E-state index contributed by atoms with van der Waals surface area (Å²) in [6, 6.07) is 0. The minimum Gasteiger partial charge on any atom is -0.296 e. The van der Waals surface area contributed by atoms with Crippen molar-refractivity contribution >= 4 is 22.9 Å². The number of fused-ring (bicyclic) bond motifs is 1. The average molecular weight is 285 g/mol. The molecule has 0 spiro atoms. The topological polar surface area (TPSA) is 16.1 Å². The Bertz CT molecular complexity index is 393. The van der Waals surface area contributed by atoms with Crippen molar-refractivity contribution in [3.05, 3.63) is 16.1 Å². The van der Waals surface area contributed by atoms with E-state index in [1.54, 1.807) is 11.3 Å². The number of likely N-dealkylation sites (tertiary alicyclic amines) is 1. The molecule has 0 radical (unpaired) electrons. The van der Waals surface area contributed by atoms with E-state index in [-0.39, 0.29) is 0 Å². The number of hydrogen-bond donors (Lipinski definition) is 0. The zero-order valence-electron chi connectivity index (χ0n) is 10.8. The first kappa shape index (κ1) is 12.9. The third-order valence-corrected chi connectivity index (χ3v) is 5.63. The van der Waals surface area contributed by atoms with Gasteiger partial charge in [-0.15, -0.1) is 22.9 Å². The molecule has 0 N–H and O–H groups in total. The van der Waals surface area contributed by atoms with Crippen molar-refractivity contribution in [1.82, 2.24) is 9.88 Å². The maximum absolute atomic E-state index is 5.80. The summed E-state index contributed by atoms with van der Waals surface area (Å²) in [6.45, 7) is 3.59. The minimum absolute atomic E-state index is 0.543. The highest BCUT2D eigenvalue weighted by molar-refractivity contribution is 7.09. The summed E-state index contributed by atoms with van der Waals surface area (Å²) >= 11 is 7.56.